The van der Waals surface area contributed by atoms with Crippen LogP contribution in [0.25, 0.3) is 11.0 Å². The molecule has 0 fully saturated rings. The van der Waals surface area contributed by atoms with Crippen LogP contribution < -0.4 is 5.32 Å². The fourth-order valence-corrected chi connectivity index (χ4v) is 2.21. The number of rotatable bonds is 3. The van der Waals surface area contributed by atoms with Crippen LogP contribution in [0, 0.1) is 5.82 Å². The second-order valence-electron chi connectivity index (χ2n) is 5.47. The first-order valence-electron chi connectivity index (χ1n) is 7.09. The molecule has 0 radical (unpaired) electrons. The fourth-order valence-electron chi connectivity index (χ4n) is 2.21. The molecule has 0 spiro atoms. The number of aromatic nitrogens is 2. The van der Waals surface area contributed by atoms with Crippen LogP contribution in [0.1, 0.15) is 35.9 Å². The number of nitrogens with zero attached hydrogens (tertiary/aromatic N) is 1. The highest BCUT2D eigenvalue weighted by molar-refractivity contribution is 6.04. The van der Waals surface area contributed by atoms with E-state index in [2.05, 4.69) is 29.1 Å². The van der Waals surface area contributed by atoms with Gasteiger partial charge in [0.1, 0.15) is 11.6 Å². The zero-order valence-electron chi connectivity index (χ0n) is 12.4. The number of aromatic amines is 1. The Morgan fingerprint density at radius 3 is 2.77 bits per heavy atom. The Bertz CT molecular complexity index is 839. The van der Waals surface area contributed by atoms with Crippen molar-refractivity contribution < 1.29 is 9.18 Å². The number of halogens is 1. The van der Waals surface area contributed by atoms with Gasteiger partial charge in [-0.1, -0.05) is 19.9 Å². The molecule has 0 atom stereocenters. The van der Waals surface area contributed by atoms with Gasteiger partial charge in [0.25, 0.3) is 5.91 Å². The van der Waals surface area contributed by atoms with Crippen molar-refractivity contribution in [2.75, 3.05) is 5.32 Å². The van der Waals surface area contributed by atoms with E-state index in [4.69, 9.17) is 0 Å². The molecule has 0 saturated heterocycles. The molecule has 22 heavy (non-hydrogen) atoms. The van der Waals surface area contributed by atoms with Crippen LogP contribution >= 0.6 is 0 Å². The van der Waals surface area contributed by atoms with Crippen molar-refractivity contribution in [2.45, 2.75) is 19.8 Å². The summed E-state index contributed by atoms with van der Waals surface area (Å²) in [4.78, 5) is 19.8. The number of benzene rings is 2. The number of fused-ring (bicyclic) bond motifs is 1. The highest BCUT2D eigenvalue weighted by Gasteiger charge is 2.10. The molecule has 4 nitrogen and oxygen atoms in total. The van der Waals surface area contributed by atoms with E-state index in [0.29, 0.717) is 11.6 Å². The van der Waals surface area contributed by atoms with E-state index in [0.717, 1.165) is 16.9 Å². The molecule has 1 aromatic heterocycles. The lowest BCUT2D eigenvalue weighted by molar-refractivity contribution is 0.102. The van der Waals surface area contributed by atoms with Gasteiger partial charge in [0, 0.05) is 17.2 Å². The number of imidazole rings is 1. The Balaban J connectivity index is 1.86. The van der Waals surface area contributed by atoms with Gasteiger partial charge >= 0.3 is 0 Å². The number of hydrogen-bond donors (Lipinski definition) is 2. The number of H-pyrrole nitrogens is 1. The van der Waals surface area contributed by atoms with Crippen molar-refractivity contribution >= 4 is 22.6 Å². The molecular weight excluding hydrogens is 281 g/mol. The van der Waals surface area contributed by atoms with Gasteiger partial charge in [-0.2, -0.15) is 0 Å². The molecule has 0 aliphatic carbocycles. The highest BCUT2D eigenvalue weighted by Crippen LogP contribution is 2.21. The molecule has 3 rings (SSSR count). The van der Waals surface area contributed by atoms with Gasteiger partial charge in [0.2, 0.25) is 0 Å². The van der Waals surface area contributed by atoms with Crippen LogP contribution in [0.2, 0.25) is 0 Å². The number of anilines is 1. The van der Waals surface area contributed by atoms with Gasteiger partial charge in [0.15, 0.2) is 0 Å². The summed E-state index contributed by atoms with van der Waals surface area (Å²) >= 11 is 0. The molecule has 0 aliphatic rings. The Morgan fingerprint density at radius 2 is 2.05 bits per heavy atom. The maximum absolute atomic E-state index is 13.2. The first kappa shape index (κ1) is 14.3. The summed E-state index contributed by atoms with van der Waals surface area (Å²) in [6.07, 6.45) is 0. The third kappa shape index (κ3) is 2.83. The first-order valence-corrected chi connectivity index (χ1v) is 7.09. The van der Waals surface area contributed by atoms with E-state index in [1.807, 2.05) is 12.1 Å². The van der Waals surface area contributed by atoms with Gasteiger partial charge in [-0.05, 0) is 36.4 Å². The van der Waals surface area contributed by atoms with Crippen LogP contribution in [0.15, 0.2) is 42.5 Å². The Labute approximate surface area is 127 Å². The van der Waals surface area contributed by atoms with Gasteiger partial charge in [-0.15, -0.1) is 0 Å². The molecule has 5 heteroatoms. The SMILES string of the molecule is CC(C)c1nc2ccc(NC(=O)c3cccc(F)c3)cc2[nH]1. The minimum absolute atomic E-state index is 0.285. The number of amides is 1. The highest BCUT2D eigenvalue weighted by atomic mass is 19.1. The average molecular weight is 297 g/mol. The first-order chi connectivity index (χ1) is 10.5. The maximum Gasteiger partial charge on any atom is 0.255 e. The maximum atomic E-state index is 13.2. The molecule has 0 bridgehead atoms. The molecule has 0 aliphatic heterocycles. The summed E-state index contributed by atoms with van der Waals surface area (Å²) in [6.45, 7) is 4.12. The van der Waals surface area contributed by atoms with Crippen molar-refractivity contribution in [1.82, 2.24) is 9.97 Å². The Morgan fingerprint density at radius 1 is 1.23 bits per heavy atom. The molecule has 112 valence electrons. The summed E-state index contributed by atoms with van der Waals surface area (Å²) in [7, 11) is 0. The second kappa shape index (κ2) is 5.60. The quantitative estimate of drug-likeness (QED) is 0.765. The van der Waals surface area contributed by atoms with Crippen LogP contribution in [0.3, 0.4) is 0 Å². The van der Waals surface area contributed by atoms with Gasteiger partial charge in [0.05, 0.1) is 11.0 Å². The predicted molar refractivity (Wildman–Crippen MR) is 84.5 cm³/mol. The van der Waals surface area contributed by atoms with Crippen molar-refractivity contribution in [2.24, 2.45) is 0 Å². The molecule has 0 unspecified atom stereocenters. The molecular formula is C17H16FN3O. The molecule has 3 aromatic rings. The molecule has 2 aromatic carbocycles. The van der Waals surface area contributed by atoms with Gasteiger partial charge in [-0.25, -0.2) is 9.37 Å². The van der Waals surface area contributed by atoms with Gasteiger partial charge in [-0.3, -0.25) is 4.79 Å². The van der Waals surface area contributed by atoms with E-state index in [1.54, 1.807) is 12.1 Å². The Kier molecular flexibility index (Phi) is 3.63. The van der Waals surface area contributed by atoms with Crippen molar-refractivity contribution in [1.29, 1.82) is 0 Å². The van der Waals surface area contributed by atoms with E-state index in [-0.39, 0.29) is 11.5 Å². The summed E-state index contributed by atoms with van der Waals surface area (Å²) < 4.78 is 13.2. The number of carbonyl (C=O) groups excluding carboxylic acids is 1. The number of hydrogen-bond acceptors (Lipinski definition) is 2. The van der Waals surface area contributed by atoms with Crippen LogP contribution in [-0.2, 0) is 0 Å². The molecule has 2 N–H and O–H groups in total. The van der Waals surface area contributed by atoms with Crippen molar-refractivity contribution in [3.8, 4) is 0 Å². The lowest BCUT2D eigenvalue weighted by atomic mass is 10.2. The molecule has 1 heterocycles. The lowest BCUT2D eigenvalue weighted by Gasteiger charge is -2.05. The van der Waals surface area contributed by atoms with E-state index in [1.165, 1.54) is 18.2 Å². The monoisotopic (exact) mass is 297 g/mol. The normalized spacial score (nSPS) is 11.1. The lowest BCUT2D eigenvalue weighted by Crippen LogP contribution is -2.11. The predicted octanol–water partition coefficient (Wildman–Crippen LogP) is 4.08. The summed E-state index contributed by atoms with van der Waals surface area (Å²) in [5, 5.41) is 2.76. The third-order valence-electron chi connectivity index (χ3n) is 3.39. The summed E-state index contributed by atoms with van der Waals surface area (Å²) in [5.74, 6) is 0.432. The van der Waals surface area contributed by atoms with E-state index < -0.39 is 5.82 Å². The summed E-state index contributed by atoms with van der Waals surface area (Å²) in [5.41, 5.74) is 2.64. The third-order valence-corrected chi connectivity index (χ3v) is 3.39. The van der Waals surface area contributed by atoms with Crippen LogP contribution in [0.5, 0.6) is 0 Å². The number of nitrogens with one attached hydrogen (secondary N) is 2. The minimum Gasteiger partial charge on any atom is -0.342 e. The summed E-state index contributed by atoms with van der Waals surface area (Å²) in [6, 6.07) is 11.1. The average Bonchev–Trinajstić information content (AvgIpc) is 2.90. The second-order valence-corrected chi connectivity index (χ2v) is 5.47. The smallest absolute Gasteiger partial charge is 0.255 e. The fraction of sp³-hybridized carbons (Fsp3) is 0.176. The van der Waals surface area contributed by atoms with Crippen LogP contribution in [-0.4, -0.2) is 15.9 Å². The minimum atomic E-state index is -0.432. The van der Waals surface area contributed by atoms with Gasteiger partial charge < -0.3 is 10.3 Å². The van der Waals surface area contributed by atoms with Crippen molar-refractivity contribution in [3.05, 3.63) is 59.7 Å². The van der Waals surface area contributed by atoms with Crippen molar-refractivity contribution in [3.63, 3.8) is 0 Å². The number of carbonyl (C=O) groups is 1. The van der Waals surface area contributed by atoms with E-state index >= 15 is 0 Å². The molecule has 1 amide bonds. The zero-order valence-corrected chi connectivity index (χ0v) is 12.4. The largest absolute Gasteiger partial charge is 0.342 e. The zero-order chi connectivity index (χ0) is 15.7. The molecule has 0 saturated carbocycles. The Hall–Kier alpha value is -2.69. The standard InChI is InChI=1S/C17H16FN3O/c1-10(2)16-20-14-7-6-13(9-15(14)21-16)19-17(22)11-4-3-5-12(18)8-11/h3-10H,1-2H3,(H,19,22)(H,20,21). The van der Waals surface area contributed by atoms with Crippen LogP contribution in [0.4, 0.5) is 10.1 Å². The van der Waals surface area contributed by atoms with E-state index in [9.17, 15) is 9.18 Å². The topological polar surface area (TPSA) is 57.8 Å².